The Kier molecular flexibility index (Phi) is 7.57. The van der Waals surface area contributed by atoms with Crippen LogP contribution in [0.5, 0.6) is 17.2 Å². The van der Waals surface area contributed by atoms with Crippen LogP contribution < -0.4 is 9.47 Å². The number of carbonyl (C=O) groups excluding carboxylic acids is 2. The molecule has 1 amide bonds. The number of amides is 1. The highest BCUT2D eigenvalue weighted by molar-refractivity contribution is 9.10. The molecule has 6 rings (SSSR count). The Bertz CT molecular complexity index is 1420. The Morgan fingerprint density at radius 2 is 2.17 bits per heavy atom. The first kappa shape index (κ1) is 28.5. The van der Waals surface area contributed by atoms with Crippen LogP contribution in [0.2, 0.25) is 0 Å². The summed E-state index contributed by atoms with van der Waals surface area (Å²) in [7, 11) is 0. The average molecular weight is 642 g/mol. The summed E-state index contributed by atoms with van der Waals surface area (Å²) in [4.78, 5) is 31.5. The van der Waals surface area contributed by atoms with E-state index in [1.807, 2.05) is 28.5 Å². The largest absolute Gasteiger partial charge is 0.504 e. The Labute approximate surface area is 253 Å². The third kappa shape index (κ3) is 4.74. The number of thiophene rings is 1. The second kappa shape index (κ2) is 10.9. The third-order valence-corrected chi connectivity index (χ3v) is 11.0. The number of carbonyl (C=O) groups is 2. The lowest BCUT2D eigenvalue weighted by atomic mass is 9.50. The molecule has 2 bridgehead atoms. The zero-order valence-electron chi connectivity index (χ0n) is 23.8. The van der Waals surface area contributed by atoms with Gasteiger partial charge in [-0.25, -0.2) is 0 Å². The van der Waals surface area contributed by atoms with E-state index in [-0.39, 0.29) is 41.2 Å². The minimum absolute atomic E-state index is 0.00171. The van der Waals surface area contributed by atoms with E-state index < -0.39 is 5.97 Å². The predicted molar refractivity (Wildman–Crippen MR) is 164 cm³/mol. The van der Waals surface area contributed by atoms with Gasteiger partial charge in [-0.15, -0.1) is 17.9 Å². The van der Waals surface area contributed by atoms with Crippen molar-refractivity contribution in [2.75, 3.05) is 19.6 Å². The number of phenols is 1. The highest BCUT2D eigenvalue weighted by Gasteiger charge is 2.67. The first-order valence-corrected chi connectivity index (χ1v) is 16.1. The maximum Gasteiger partial charge on any atom is 0.308 e. The lowest BCUT2D eigenvalue weighted by molar-refractivity contribution is -0.138. The molecule has 0 radical (unpaired) electrons. The second-order valence-electron chi connectivity index (χ2n) is 12.2. The topological polar surface area (TPSA) is 79.3 Å². The molecule has 2 aliphatic carbocycles. The van der Waals surface area contributed by atoms with Gasteiger partial charge in [-0.2, -0.15) is 0 Å². The van der Waals surface area contributed by atoms with Crippen LogP contribution in [0.15, 0.2) is 40.7 Å². The number of likely N-dealkylation sites (tertiary alicyclic amines) is 1. The molecule has 1 saturated heterocycles. The number of hydrogen-bond donors (Lipinski definition) is 1. The Balaban J connectivity index is 1.44. The first-order valence-electron chi connectivity index (χ1n) is 14.5. The molecular weight excluding hydrogens is 604 g/mol. The van der Waals surface area contributed by atoms with Crippen LogP contribution in [0.1, 0.15) is 56.0 Å². The van der Waals surface area contributed by atoms with Crippen molar-refractivity contribution < 1.29 is 24.2 Å². The summed E-state index contributed by atoms with van der Waals surface area (Å²) in [6.07, 6.45) is 8.57. The quantitative estimate of drug-likeness (QED) is 0.167. The molecule has 2 fully saturated rings. The van der Waals surface area contributed by atoms with Crippen molar-refractivity contribution in [2.45, 2.75) is 70.1 Å². The fourth-order valence-corrected chi connectivity index (χ4v) is 9.39. The molecule has 1 saturated carbocycles. The van der Waals surface area contributed by atoms with Crippen molar-refractivity contribution >= 4 is 45.2 Å². The van der Waals surface area contributed by atoms with Crippen LogP contribution in [0.3, 0.4) is 0 Å². The van der Waals surface area contributed by atoms with Gasteiger partial charge in [-0.05, 0) is 72.1 Å². The predicted octanol–water partition coefficient (Wildman–Crippen LogP) is 5.93. The average Bonchev–Trinajstić information content (AvgIpc) is 3.49. The van der Waals surface area contributed by atoms with Gasteiger partial charge in [0.15, 0.2) is 11.5 Å². The van der Waals surface area contributed by atoms with Crippen LogP contribution in [-0.2, 0) is 21.4 Å². The molecule has 1 spiro atoms. The maximum atomic E-state index is 13.9. The fourth-order valence-electron chi connectivity index (χ4n) is 8.05. The van der Waals surface area contributed by atoms with E-state index in [4.69, 9.17) is 9.47 Å². The molecule has 41 heavy (non-hydrogen) atoms. The molecule has 4 aliphatic rings. The van der Waals surface area contributed by atoms with Crippen molar-refractivity contribution in [3.63, 3.8) is 0 Å². The van der Waals surface area contributed by atoms with Crippen LogP contribution in [0.25, 0.3) is 6.08 Å². The van der Waals surface area contributed by atoms with Crippen LogP contribution in [0, 0.1) is 11.8 Å². The molecular formula is C32H37BrN2O5S. The van der Waals surface area contributed by atoms with Gasteiger partial charge in [-0.1, -0.05) is 19.9 Å². The first-order chi connectivity index (χ1) is 19.6. The molecule has 218 valence electrons. The molecule has 0 unspecified atom stereocenters. The van der Waals surface area contributed by atoms with E-state index in [0.29, 0.717) is 24.0 Å². The van der Waals surface area contributed by atoms with Gasteiger partial charge in [0.05, 0.1) is 6.04 Å². The van der Waals surface area contributed by atoms with Crippen LogP contribution >= 0.6 is 27.3 Å². The number of piperidine rings is 1. The summed E-state index contributed by atoms with van der Waals surface area (Å²) in [6, 6.07) is 3.62. The van der Waals surface area contributed by atoms with Gasteiger partial charge in [-0.3, -0.25) is 14.5 Å². The van der Waals surface area contributed by atoms with E-state index in [0.717, 1.165) is 59.2 Å². The lowest BCUT2D eigenvalue weighted by Crippen LogP contribution is -2.69. The zero-order chi connectivity index (χ0) is 29.1. The van der Waals surface area contributed by atoms with E-state index in [1.54, 1.807) is 17.4 Å². The van der Waals surface area contributed by atoms with Crippen LogP contribution in [0.4, 0.5) is 0 Å². The number of phenolic OH excluding ortho intramolecular Hbond substituents is 1. The molecule has 2 aliphatic heterocycles. The van der Waals surface area contributed by atoms with E-state index >= 15 is 0 Å². The number of benzene rings is 1. The minimum Gasteiger partial charge on any atom is -0.504 e. The van der Waals surface area contributed by atoms with Crippen molar-refractivity contribution in [3.8, 4) is 17.2 Å². The normalized spacial score (nSPS) is 27.9. The van der Waals surface area contributed by atoms with Gasteiger partial charge >= 0.3 is 5.97 Å². The van der Waals surface area contributed by atoms with Crippen molar-refractivity contribution in [3.05, 3.63) is 56.7 Å². The minimum atomic E-state index is -0.413. The number of halogens is 1. The van der Waals surface area contributed by atoms with Gasteiger partial charge < -0.3 is 19.5 Å². The third-order valence-electron chi connectivity index (χ3n) is 9.33. The Morgan fingerprint density at radius 3 is 2.85 bits per heavy atom. The molecule has 5 atom stereocenters. The summed E-state index contributed by atoms with van der Waals surface area (Å²) in [5, 5.41) is 13.2. The SMILES string of the molecule is C=CCN1CC[C@]23c4c5c(OC(C)=O)cc(O)c4O[C@H]2[C@H](N(CC(C)C)C(=O)/C=C/c2cc(Br)cs2)CC[C@H]3[C@H]1C5. The smallest absolute Gasteiger partial charge is 0.308 e. The Hall–Kier alpha value is -2.62. The summed E-state index contributed by atoms with van der Waals surface area (Å²) in [5.74, 6) is 1.06. The lowest BCUT2D eigenvalue weighted by Gasteiger charge is -2.60. The van der Waals surface area contributed by atoms with Crippen molar-refractivity contribution in [1.29, 1.82) is 0 Å². The molecule has 3 heterocycles. The Morgan fingerprint density at radius 1 is 1.37 bits per heavy atom. The summed E-state index contributed by atoms with van der Waals surface area (Å²) in [5.41, 5.74) is 1.58. The van der Waals surface area contributed by atoms with Crippen LogP contribution in [-0.4, -0.2) is 64.6 Å². The fraction of sp³-hybridized carbons (Fsp3) is 0.500. The number of rotatable bonds is 8. The molecule has 7 nitrogen and oxygen atoms in total. The zero-order valence-corrected chi connectivity index (χ0v) is 26.2. The van der Waals surface area contributed by atoms with Crippen molar-refractivity contribution in [1.82, 2.24) is 9.80 Å². The summed E-state index contributed by atoms with van der Waals surface area (Å²) in [6.45, 7) is 11.9. The highest BCUT2D eigenvalue weighted by Crippen LogP contribution is 2.65. The monoisotopic (exact) mass is 640 g/mol. The van der Waals surface area contributed by atoms with Crippen molar-refractivity contribution in [2.24, 2.45) is 11.8 Å². The molecule has 1 aromatic carbocycles. The molecule has 1 N–H and O–H groups in total. The molecule has 9 heteroatoms. The number of hydrogen-bond acceptors (Lipinski definition) is 7. The number of nitrogens with zero attached hydrogens (tertiary/aromatic N) is 2. The molecule has 2 aromatic rings. The summed E-state index contributed by atoms with van der Waals surface area (Å²) < 4.78 is 13.5. The van der Waals surface area contributed by atoms with E-state index in [9.17, 15) is 14.7 Å². The second-order valence-corrected chi connectivity index (χ2v) is 14.0. The van der Waals surface area contributed by atoms with Gasteiger partial charge in [0.2, 0.25) is 5.91 Å². The van der Waals surface area contributed by atoms with E-state index in [1.165, 1.54) is 13.0 Å². The van der Waals surface area contributed by atoms with Gasteiger partial charge in [0.1, 0.15) is 11.9 Å². The number of esters is 1. The summed E-state index contributed by atoms with van der Waals surface area (Å²) >= 11 is 5.08. The number of aromatic hydroxyl groups is 1. The van der Waals surface area contributed by atoms with Gasteiger partial charge in [0.25, 0.3) is 0 Å². The maximum absolute atomic E-state index is 13.9. The van der Waals surface area contributed by atoms with E-state index in [2.05, 4.69) is 41.3 Å². The van der Waals surface area contributed by atoms with Gasteiger partial charge in [0, 0.05) is 69.5 Å². The molecule has 1 aromatic heterocycles. The highest BCUT2D eigenvalue weighted by atomic mass is 79.9. The number of ether oxygens (including phenoxy) is 2. The standard InChI is InChI=1S/C32H37BrN2O5S/c1-5-11-34-12-10-32-23-7-8-24(35(16-18(2)3)28(38)9-6-21-13-20(33)17-41-21)31(32)40-30-26(37)15-27(39-19(4)36)22(29(30)32)14-25(23)34/h5-6,9,13,15,17-18,23-25,31,37H,1,7-8,10-12,14,16H2,2-4H3/b9-6+/t23-,24+,25+,31-,32-/m0/s1.